The molecule has 0 radical (unpaired) electrons. The highest BCUT2D eigenvalue weighted by atomic mass is 32.2. The number of alkyl halides is 3. The molecule has 0 spiro atoms. The fourth-order valence-corrected chi connectivity index (χ4v) is 6.20. The molecule has 2 heterocycles. The molecule has 10 nitrogen and oxygen atoms in total. The maximum atomic E-state index is 14.5. The van der Waals surface area contributed by atoms with Gasteiger partial charge in [-0.3, -0.25) is 19.2 Å². The highest BCUT2D eigenvalue weighted by molar-refractivity contribution is 7.94. The molecule has 0 aromatic heterocycles. The molecule has 15 heteroatoms. The molecule has 3 fully saturated rings. The van der Waals surface area contributed by atoms with Crippen molar-refractivity contribution in [2.45, 2.75) is 77.2 Å². The van der Waals surface area contributed by atoms with E-state index in [0.717, 1.165) is 6.42 Å². The van der Waals surface area contributed by atoms with Crippen LogP contribution in [-0.2, 0) is 29.0 Å². The molecule has 226 valence electrons. The predicted octanol–water partition coefficient (Wildman–Crippen LogP) is 1.57. The fraction of sp³-hybridized carbons (Fsp3) is 0.760. The first-order chi connectivity index (χ1) is 18.3. The van der Waals surface area contributed by atoms with Gasteiger partial charge in [-0.1, -0.05) is 27.2 Å². The van der Waals surface area contributed by atoms with Crippen molar-refractivity contribution in [2.75, 3.05) is 19.3 Å². The quantitative estimate of drug-likeness (QED) is 0.364. The lowest BCUT2D eigenvalue weighted by Gasteiger charge is -2.36. The van der Waals surface area contributed by atoms with Crippen LogP contribution in [0, 0.1) is 23.2 Å². The molecule has 0 bridgehead atoms. The number of nitrogens with one attached hydrogen (secondary N) is 3. The van der Waals surface area contributed by atoms with Crippen LogP contribution in [0.25, 0.3) is 0 Å². The van der Waals surface area contributed by atoms with E-state index in [-0.39, 0.29) is 30.7 Å². The Morgan fingerprint density at radius 1 is 1.12 bits per heavy atom. The van der Waals surface area contributed by atoms with Gasteiger partial charge >= 0.3 is 12.1 Å². The zero-order chi connectivity index (χ0) is 30.2. The van der Waals surface area contributed by atoms with Gasteiger partial charge in [-0.05, 0) is 49.0 Å². The van der Waals surface area contributed by atoms with Gasteiger partial charge < -0.3 is 20.9 Å². The zero-order valence-electron chi connectivity index (χ0n) is 22.8. The van der Waals surface area contributed by atoms with Crippen LogP contribution >= 0.6 is 0 Å². The summed E-state index contributed by atoms with van der Waals surface area (Å²) in [4.78, 5) is 52.4. The highest BCUT2D eigenvalue weighted by Gasteiger charge is 2.53. The van der Waals surface area contributed by atoms with Crippen LogP contribution in [0.3, 0.4) is 0 Å². The molecule has 0 aromatic carbocycles. The van der Waals surface area contributed by atoms with Gasteiger partial charge in [-0.25, -0.2) is 8.42 Å². The van der Waals surface area contributed by atoms with Gasteiger partial charge in [-0.15, -0.1) is 0 Å². The summed E-state index contributed by atoms with van der Waals surface area (Å²) in [6.45, 7) is 4.91. The Morgan fingerprint density at radius 2 is 1.77 bits per heavy atom. The van der Waals surface area contributed by atoms with Crippen molar-refractivity contribution in [3.63, 3.8) is 0 Å². The maximum Gasteiger partial charge on any atom is 0.471 e. The summed E-state index contributed by atoms with van der Waals surface area (Å²) in [6.07, 6.45) is -1.55. The van der Waals surface area contributed by atoms with Gasteiger partial charge in [0.1, 0.15) is 12.1 Å². The Balaban J connectivity index is 1.91. The van der Waals surface area contributed by atoms with E-state index >= 15 is 0 Å². The lowest BCUT2D eigenvalue weighted by Crippen LogP contribution is -2.60. The average molecular weight is 597 g/mol. The number of hydrogen-bond donors (Lipinski definition) is 3. The van der Waals surface area contributed by atoms with Crippen molar-refractivity contribution in [2.24, 2.45) is 23.2 Å². The molecule has 0 unspecified atom stereocenters. The van der Waals surface area contributed by atoms with Gasteiger partial charge in [0.25, 0.3) is 0 Å². The first kappa shape index (κ1) is 31.8. The molecule has 3 N–H and O–H groups in total. The summed E-state index contributed by atoms with van der Waals surface area (Å²) in [5, 5.41) is 5.50. The van der Waals surface area contributed by atoms with E-state index in [0.29, 0.717) is 38.1 Å². The third-order valence-corrected chi connectivity index (χ3v) is 8.65. The smallest absolute Gasteiger partial charge is 0.356 e. The molecule has 3 rings (SSSR count). The van der Waals surface area contributed by atoms with Crippen LogP contribution in [0.15, 0.2) is 11.2 Å². The van der Waals surface area contributed by atoms with Crippen LogP contribution in [0.5, 0.6) is 0 Å². The third kappa shape index (κ3) is 7.32. The number of likely N-dealkylation sites (tertiary alicyclic amines) is 1. The summed E-state index contributed by atoms with van der Waals surface area (Å²) in [6, 6.07) is -3.95. The van der Waals surface area contributed by atoms with E-state index in [2.05, 4.69) is 10.6 Å². The van der Waals surface area contributed by atoms with Crippen molar-refractivity contribution in [3.05, 3.63) is 11.2 Å². The number of sulfone groups is 1. The molecule has 40 heavy (non-hydrogen) atoms. The Labute approximate surface area is 230 Å². The Kier molecular flexibility index (Phi) is 9.26. The van der Waals surface area contributed by atoms with Gasteiger partial charge in [-0.2, -0.15) is 17.6 Å². The van der Waals surface area contributed by atoms with E-state index in [1.807, 2.05) is 0 Å². The van der Waals surface area contributed by atoms with Gasteiger partial charge in [0.05, 0.1) is 6.04 Å². The molecule has 0 aromatic rings. The van der Waals surface area contributed by atoms with Crippen molar-refractivity contribution in [1.29, 1.82) is 0 Å². The van der Waals surface area contributed by atoms with Gasteiger partial charge in [0.15, 0.2) is 0 Å². The van der Waals surface area contributed by atoms with E-state index < -0.39 is 68.4 Å². The minimum atomic E-state index is -5.22. The highest BCUT2D eigenvalue weighted by Crippen LogP contribution is 2.43. The van der Waals surface area contributed by atoms with Crippen LogP contribution in [0.1, 0.15) is 52.9 Å². The summed E-state index contributed by atoms with van der Waals surface area (Å²) in [5.41, 5.74) is -1.14. The van der Waals surface area contributed by atoms with Crippen LogP contribution in [0.4, 0.5) is 17.6 Å². The Morgan fingerprint density at radius 3 is 2.30 bits per heavy atom. The number of hydrogen-bond acceptors (Lipinski definition) is 6. The number of halogens is 4. The molecule has 2 aliphatic heterocycles. The minimum absolute atomic E-state index is 0.0826. The summed E-state index contributed by atoms with van der Waals surface area (Å²) in [7, 11) is -4.24. The van der Waals surface area contributed by atoms with Crippen LogP contribution in [-0.4, -0.2) is 80.6 Å². The monoisotopic (exact) mass is 596 g/mol. The van der Waals surface area contributed by atoms with Crippen molar-refractivity contribution < 1.29 is 45.2 Å². The predicted molar refractivity (Wildman–Crippen MR) is 135 cm³/mol. The van der Waals surface area contributed by atoms with Crippen molar-refractivity contribution in [3.8, 4) is 0 Å². The second kappa shape index (κ2) is 11.6. The number of amides is 4. The second-order valence-corrected chi connectivity index (χ2v) is 13.9. The second-order valence-electron chi connectivity index (χ2n) is 11.9. The normalized spacial score (nSPS) is 27.1. The number of fused-ring (bicyclic) bond motifs is 1. The van der Waals surface area contributed by atoms with Crippen LogP contribution in [0.2, 0.25) is 0 Å². The summed E-state index contributed by atoms with van der Waals surface area (Å²) >= 11 is 0. The molecule has 4 amide bonds. The largest absolute Gasteiger partial charge is 0.471 e. The van der Waals surface area contributed by atoms with Gasteiger partial charge in [0, 0.05) is 25.3 Å². The number of rotatable bonds is 8. The lowest BCUT2D eigenvalue weighted by molar-refractivity contribution is -0.176. The number of carbonyl (C=O) groups excluding carboxylic acids is 4. The molecule has 1 aliphatic carbocycles. The Bertz CT molecular complexity index is 1170. The fourth-order valence-electron chi connectivity index (χ4n) is 5.79. The maximum absolute atomic E-state index is 14.5. The third-order valence-electron chi connectivity index (χ3n) is 7.80. The number of carbonyl (C=O) groups is 4. The van der Waals surface area contributed by atoms with E-state index in [9.17, 15) is 45.2 Å². The van der Waals surface area contributed by atoms with E-state index in [4.69, 9.17) is 0 Å². The standard InChI is InChI=1S/C25H36F4N4O6S/c1-24(2,3)19(32-23(37)25(27,28)29)22(36)33-12-14-6-5-7-16(14)18(33)21(35)31-15(11-17(26)40(4,38)39)10-13-8-9-30-20(13)34/h11,13-16,18-19H,5-10,12H2,1-4H3,(H,30,34)(H,31,35)(H,32,37)/b17-11-/t13-,14-,15-,16-,18-,19-/m0/s1. The van der Waals surface area contributed by atoms with Crippen LogP contribution < -0.4 is 16.0 Å². The minimum Gasteiger partial charge on any atom is -0.356 e. The SMILES string of the molecule is CC(C)(C)[C@@H](NC(=O)C(F)(F)F)C(=O)N1C[C@@H]2CCC[C@@H]2[C@H]1C(=O)N[C@H](/C=C(/F)S(C)(=O)=O)C[C@@H]1CCNC1=O. The van der Waals surface area contributed by atoms with Crippen molar-refractivity contribution in [1.82, 2.24) is 20.9 Å². The van der Waals surface area contributed by atoms with E-state index in [1.165, 1.54) is 25.7 Å². The molecular formula is C25H36F4N4O6S. The lowest BCUT2D eigenvalue weighted by atomic mass is 9.85. The molecule has 6 atom stereocenters. The average Bonchev–Trinajstić information content (AvgIpc) is 3.50. The molecule has 1 saturated carbocycles. The summed E-state index contributed by atoms with van der Waals surface area (Å²) in [5.74, 6) is -5.25. The topological polar surface area (TPSA) is 142 Å². The molecule has 2 saturated heterocycles. The Hall–Kier alpha value is -2.71. The molecule has 3 aliphatic rings. The van der Waals surface area contributed by atoms with Gasteiger partial charge in [0.2, 0.25) is 32.7 Å². The zero-order valence-corrected chi connectivity index (χ0v) is 23.6. The number of nitrogens with zero attached hydrogens (tertiary/aromatic N) is 1. The van der Waals surface area contributed by atoms with Crippen molar-refractivity contribution >= 4 is 33.5 Å². The first-order valence-corrected chi connectivity index (χ1v) is 15.0. The first-order valence-electron chi connectivity index (χ1n) is 13.1. The van der Waals surface area contributed by atoms with E-state index in [1.54, 1.807) is 5.32 Å². The summed E-state index contributed by atoms with van der Waals surface area (Å²) < 4.78 is 77.1. The molecular weight excluding hydrogens is 560 g/mol.